The molecule has 0 fully saturated rings. The highest BCUT2D eigenvalue weighted by Gasteiger charge is 2.20. The summed E-state index contributed by atoms with van der Waals surface area (Å²) in [5, 5.41) is 0. The van der Waals surface area contributed by atoms with Crippen LogP contribution in [0.4, 0.5) is 0 Å². The Kier molecular flexibility index (Phi) is 4.14. The highest BCUT2D eigenvalue weighted by atomic mass is 35.5. The lowest BCUT2D eigenvalue weighted by Gasteiger charge is -2.19. The van der Waals surface area contributed by atoms with Gasteiger partial charge in [0.1, 0.15) is 0 Å². The molecule has 0 bridgehead atoms. The molecule has 0 nitrogen and oxygen atoms in total. The van der Waals surface area contributed by atoms with Crippen LogP contribution < -0.4 is 0 Å². The van der Waals surface area contributed by atoms with Crippen LogP contribution in [0.3, 0.4) is 0 Å². The molecule has 0 aromatic heterocycles. The summed E-state index contributed by atoms with van der Waals surface area (Å²) in [6, 6.07) is 0. The lowest BCUT2D eigenvalue weighted by molar-refractivity contribution is 0.732. The second kappa shape index (κ2) is 4.09. The second-order valence-electron chi connectivity index (χ2n) is 2.34. The van der Waals surface area contributed by atoms with Crippen molar-refractivity contribution in [2.45, 2.75) is 25.1 Å². The quantitative estimate of drug-likeness (QED) is 0.381. The molecule has 0 aliphatic heterocycles. The predicted octanol–water partition coefficient (Wildman–Crippen LogP) is 3.39. The van der Waals surface area contributed by atoms with Gasteiger partial charge in [-0.2, -0.15) is 0 Å². The van der Waals surface area contributed by atoms with Crippen LogP contribution in [0.15, 0.2) is 23.6 Å². The van der Waals surface area contributed by atoms with Crippen LogP contribution in [0.25, 0.3) is 0 Å². The SMILES string of the molecule is C=C/C=C(/S)C(C)(Cl)CC. The van der Waals surface area contributed by atoms with E-state index in [4.69, 9.17) is 11.6 Å². The molecule has 0 saturated carbocycles. The van der Waals surface area contributed by atoms with Gasteiger partial charge >= 0.3 is 0 Å². The Labute approximate surface area is 73.4 Å². The molecule has 0 rings (SSSR count). The minimum absolute atomic E-state index is 0.322. The summed E-state index contributed by atoms with van der Waals surface area (Å²) < 4.78 is 0. The maximum absolute atomic E-state index is 6.06. The molecule has 0 N–H and O–H groups in total. The van der Waals surface area contributed by atoms with Crippen LogP contribution in [-0.4, -0.2) is 4.87 Å². The van der Waals surface area contributed by atoms with Gasteiger partial charge in [0.25, 0.3) is 0 Å². The predicted molar refractivity (Wildman–Crippen MR) is 51.8 cm³/mol. The molecular weight excluding hydrogens is 164 g/mol. The van der Waals surface area contributed by atoms with Crippen molar-refractivity contribution in [1.82, 2.24) is 0 Å². The fourth-order valence-electron chi connectivity index (χ4n) is 0.467. The molecular formula is C8H13ClS. The zero-order chi connectivity index (χ0) is 8.20. The Morgan fingerprint density at radius 1 is 1.80 bits per heavy atom. The minimum Gasteiger partial charge on any atom is -0.146 e. The van der Waals surface area contributed by atoms with Crippen molar-refractivity contribution >= 4 is 24.2 Å². The maximum atomic E-state index is 6.06. The van der Waals surface area contributed by atoms with E-state index in [1.807, 2.05) is 19.9 Å². The van der Waals surface area contributed by atoms with Crippen molar-refractivity contribution in [1.29, 1.82) is 0 Å². The summed E-state index contributed by atoms with van der Waals surface area (Å²) in [4.78, 5) is 0.545. The fraction of sp³-hybridized carbons (Fsp3) is 0.500. The van der Waals surface area contributed by atoms with E-state index in [-0.39, 0.29) is 4.87 Å². The Bertz CT molecular complexity index is 147. The molecule has 0 aliphatic rings. The summed E-state index contributed by atoms with van der Waals surface area (Å²) in [6.45, 7) is 7.53. The van der Waals surface area contributed by atoms with E-state index < -0.39 is 0 Å². The number of thiol groups is 1. The first kappa shape index (κ1) is 10.1. The van der Waals surface area contributed by atoms with E-state index in [1.54, 1.807) is 6.08 Å². The van der Waals surface area contributed by atoms with Crippen LogP contribution in [0.1, 0.15) is 20.3 Å². The second-order valence-corrected chi connectivity index (χ2v) is 3.65. The molecule has 0 aromatic rings. The molecule has 0 spiro atoms. The highest BCUT2D eigenvalue weighted by molar-refractivity contribution is 7.84. The molecule has 0 heterocycles. The third kappa shape index (κ3) is 2.80. The van der Waals surface area contributed by atoms with Crippen molar-refractivity contribution in [3.05, 3.63) is 23.6 Å². The van der Waals surface area contributed by atoms with Crippen molar-refractivity contribution in [2.24, 2.45) is 0 Å². The van der Waals surface area contributed by atoms with Crippen LogP contribution in [0.2, 0.25) is 0 Å². The summed E-state index contributed by atoms with van der Waals surface area (Å²) in [6.07, 6.45) is 4.38. The van der Waals surface area contributed by atoms with Gasteiger partial charge in [-0.25, -0.2) is 0 Å². The summed E-state index contributed by atoms with van der Waals surface area (Å²) in [5.74, 6) is 0. The Morgan fingerprint density at radius 3 is 2.60 bits per heavy atom. The van der Waals surface area contributed by atoms with Gasteiger partial charge in [-0.05, 0) is 13.3 Å². The number of hydrogen-bond acceptors (Lipinski definition) is 1. The smallest absolute Gasteiger partial charge is 0.0720 e. The third-order valence-corrected chi connectivity index (χ3v) is 2.72. The molecule has 0 aromatic carbocycles. The number of hydrogen-bond donors (Lipinski definition) is 1. The fourth-order valence-corrected chi connectivity index (χ4v) is 0.793. The van der Waals surface area contributed by atoms with Crippen molar-refractivity contribution in [3.63, 3.8) is 0 Å². The molecule has 58 valence electrons. The zero-order valence-corrected chi connectivity index (χ0v) is 8.04. The minimum atomic E-state index is -0.322. The molecule has 0 saturated heterocycles. The van der Waals surface area contributed by atoms with E-state index in [9.17, 15) is 0 Å². The van der Waals surface area contributed by atoms with Gasteiger partial charge in [-0.3, -0.25) is 0 Å². The summed E-state index contributed by atoms with van der Waals surface area (Å²) in [5.41, 5.74) is 0. The van der Waals surface area contributed by atoms with Crippen LogP contribution in [0.5, 0.6) is 0 Å². The molecule has 0 radical (unpaired) electrons. The van der Waals surface area contributed by atoms with E-state index in [0.717, 1.165) is 11.3 Å². The number of allylic oxidation sites excluding steroid dienone is 3. The Morgan fingerprint density at radius 2 is 2.30 bits per heavy atom. The van der Waals surface area contributed by atoms with Crippen molar-refractivity contribution < 1.29 is 0 Å². The lowest BCUT2D eigenvalue weighted by Crippen LogP contribution is -2.14. The monoisotopic (exact) mass is 176 g/mol. The molecule has 10 heavy (non-hydrogen) atoms. The molecule has 2 heteroatoms. The van der Waals surface area contributed by atoms with Gasteiger partial charge in [0, 0.05) is 4.91 Å². The van der Waals surface area contributed by atoms with E-state index in [0.29, 0.717) is 0 Å². The standard InChI is InChI=1S/C8H13ClS/c1-4-6-7(10)8(3,9)5-2/h4,6,10H,1,5H2,2-3H3/b7-6+. The first-order valence-corrected chi connectivity index (χ1v) is 4.08. The van der Waals surface area contributed by atoms with Crippen LogP contribution in [-0.2, 0) is 0 Å². The van der Waals surface area contributed by atoms with Gasteiger partial charge in [0.2, 0.25) is 0 Å². The molecule has 0 amide bonds. The Hall–Kier alpha value is 0.120. The average Bonchev–Trinajstić information content (AvgIpc) is 1.89. The van der Waals surface area contributed by atoms with E-state index in [1.165, 1.54) is 0 Å². The van der Waals surface area contributed by atoms with Gasteiger partial charge in [0.15, 0.2) is 0 Å². The van der Waals surface area contributed by atoms with Gasteiger partial charge in [-0.15, -0.1) is 24.2 Å². The number of halogens is 1. The average molecular weight is 177 g/mol. The number of rotatable bonds is 3. The normalized spacial score (nSPS) is 18.2. The summed E-state index contributed by atoms with van der Waals surface area (Å²) >= 11 is 10.3. The Balaban J connectivity index is 4.31. The molecule has 0 aliphatic carbocycles. The van der Waals surface area contributed by atoms with Gasteiger partial charge in [-0.1, -0.05) is 25.7 Å². The lowest BCUT2D eigenvalue weighted by atomic mass is 10.1. The molecule has 1 atom stereocenters. The van der Waals surface area contributed by atoms with Crippen molar-refractivity contribution in [2.75, 3.05) is 0 Å². The first-order valence-electron chi connectivity index (χ1n) is 3.25. The van der Waals surface area contributed by atoms with Crippen LogP contribution in [0, 0.1) is 0 Å². The van der Waals surface area contributed by atoms with E-state index in [2.05, 4.69) is 19.2 Å². The zero-order valence-electron chi connectivity index (χ0n) is 6.39. The van der Waals surface area contributed by atoms with Gasteiger partial charge in [0.05, 0.1) is 4.87 Å². The third-order valence-electron chi connectivity index (χ3n) is 1.47. The van der Waals surface area contributed by atoms with Crippen LogP contribution >= 0.6 is 24.2 Å². The summed E-state index contributed by atoms with van der Waals surface area (Å²) in [7, 11) is 0. The highest BCUT2D eigenvalue weighted by Crippen LogP contribution is 2.30. The maximum Gasteiger partial charge on any atom is 0.0720 e. The van der Waals surface area contributed by atoms with Crippen molar-refractivity contribution in [3.8, 4) is 0 Å². The topological polar surface area (TPSA) is 0 Å². The molecule has 1 unspecified atom stereocenters. The largest absolute Gasteiger partial charge is 0.146 e. The van der Waals surface area contributed by atoms with Gasteiger partial charge < -0.3 is 0 Å². The first-order chi connectivity index (χ1) is 4.54. The number of alkyl halides is 1. The van der Waals surface area contributed by atoms with E-state index >= 15 is 0 Å².